The summed E-state index contributed by atoms with van der Waals surface area (Å²) in [5, 5.41) is 2.79. The first-order valence-electron chi connectivity index (χ1n) is 5.77. The van der Waals surface area contributed by atoms with Crippen LogP contribution in [0.5, 0.6) is 0 Å². The van der Waals surface area contributed by atoms with E-state index in [4.69, 9.17) is 0 Å². The van der Waals surface area contributed by atoms with Gasteiger partial charge in [-0.1, -0.05) is 6.92 Å². The Hall–Kier alpha value is -1.06. The molecule has 1 atom stereocenters. The Morgan fingerprint density at radius 2 is 2.07 bits per heavy atom. The first-order chi connectivity index (χ1) is 7.20. The smallest absolute Gasteiger partial charge is 0.242 e. The molecule has 0 spiro atoms. The topological polar surface area (TPSA) is 49.4 Å². The van der Waals surface area contributed by atoms with Crippen molar-refractivity contribution >= 4 is 11.8 Å². The van der Waals surface area contributed by atoms with Gasteiger partial charge in [0, 0.05) is 19.5 Å². The molecule has 0 bridgehead atoms. The summed E-state index contributed by atoms with van der Waals surface area (Å²) in [6, 6.07) is -0.230. The number of likely N-dealkylation sites (N-methyl/N-ethyl adjacent to an activating group) is 1. The molecular weight excluding hydrogens is 192 g/mol. The number of amides is 2. The lowest BCUT2D eigenvalue weighted by Gasteiger charge is -2.34. The Morgan fingerprint density at radius 3 is 2.67 bits per heavy atom. The van der Waals surface area contributed by atoms with E-state index in [0.717, 1.165) is 25.8 Å². The van der Waals surface area contributed by atoms with Crippen molar-refractivity contribution in [2.45, 2.75) is 45.6 Å². The molecule has 1 rings (SSSR count). The maximum absolute atomic E-state index is 11.7. The van der Waals surface area contributed by atoms with Crippen LogP contribution in [0.2, 0.25) is 0 Å². The molecule has 0 aliphatic carbocycles. The number of hydrogen-bond donors (Lipinski definition) is 1. The van der Waals surface area contributed by atoms with Crippen LogP contribution in [0, 0.1) is 0 Å². The summed E-state index contributed by atoms with van der Waals surface area (Å²) in [7, 11) is 0. The zero-order valence-electron chi connectivity index (χ0n) is 9.58. The van der Waals surface area contributed by atoms with E-state index in [1.807, 2.05) is 13.8 Å². The zero-order valence-corrected chi connectivity index (χ0v) is 9.58. The van der Waals surface area contributed by atoms with E-state index in [2.05, 4.69) is 5.32 Å². The van der Waals surface area contributed by atoms with Crippen molar-refractivity contribution in [2.24, 2.45) is 0 Å². The predicted octanol–water partition coefficient (Wildman–Crippen LogP) is 0.914. The first-order valence-corrected chi connectivity index (χ1v) is 5.77. The van der Waals surface area contributed by atoms with Crippen molar-refractivity contribution in [3.05, 3.63) is 0 Å². The Balaban J connectivity index is 2.65. The highest BCUT2D eigenvalue weighted by Crippen LogP contribution is 2.17. The molecule has 1 saturated heterocycles. The van der Waals surface area contributed by atoms with E-state index in [9.17, 15) is 9.59 Å². The fraction of sp³-hybridized carbons (Fsp3) is 0.818. The summed E-state index contributed by atoms with van der Waals surface area (Å²) < 4.78 is 0. The minimum atomic E-state index is -0.230. The van der Waals surface area contributed by atoms with Gasteiger partial charge in [0.25, 0.3) is 0 Å². The van der Waals surface area contributed by atoms with Gasteiger partial charge >= 0.3 is 0 Å². The van der Waals surface area contributed by atoms with E-state index in [-0.39, 0.29) is 17.9 Å². The van der Waals surface area contributed by atoms with Gasteiger partial charge in [-0.25, -0.2) is 0 Å². The Kier molecular flexibility index (Phi) is 4.59. The maximum Gasteiger partial charge on any atom is 0.242 e. The van der Waals surface area contributed by atoms with E-state index in [0.29, 0.717) is 13.0 Å². The molecule has 1 aliphatic rings. The zero-order chi connectivity index (χ0) is 11.3. The van der Waals surface area contributed by atoms with Gasteiger partial charge in [-0.05, 0) is 26.2 Å². The van der Waals surface area contributed by atoms with Crippen LogP contribution in [-0.4, -0.2) is 35.8 Å². The molecule has 1 aliphatic heterocycles. The largest absolute Gasteiger partial charge is 0.355 e. The highest BCUT2D eigenvalue weighted by Gasteiger charge is 2.30. The van der Waals surface area contributed by atoms with Crippen LogP contribution in [0.25, 0.3) is 0 Å². The van der Waals surface area contributed by atoms with Crippen molar-refractivity contribution in [3.63, 3.8) is 0 Å². The molecule has 4 nitrogen and oxygen atoms in total. The normalized spacial score (nSPS) is 21.2. The second-order valence-electron chi connectivity index (χ2n) is 3.85. The standard InChI is InChI=1S/C11H20N2O2/c1-3-10(14)13-8-6-5-7-9(13)11(15)12-4-2/h9H,3-8H2,1-2H3,(H,12,15). The average molecular weight is 212 g/mol. The Morgan fingerprint density at radius 1 is 1.33 bits per heavy atom. The minimum Gasteiger partial charge on any atom is -0.355 e. The molecule has 0 aromatic carbocycles. The number of rotatable bonds is 3. The minimum absolute atomic E-state index is 0.000926. The van der Waals surface area contributed by atoms with E-state index in [1.165, 1.54) is 0 Å². The summed E-state index contributed by atoms with van der Waals surface area (Å²) >= 11 is 0. The second-order valence-corrected chi connectivity index (χ2v) is 3.85. The van der Waals surface area contributed by atoms with Crippen molar-refractivity contribution in [3.8, 4) is 0 Å². The van der Waals surface area contributed by atoms with Crippen LogP contribution < -0.4 is 5.32 Å². The third kappa shape index (κ3) is 2.94. The van der Waals surface area contributed by atoms with Gasteiger partial charge in [-0.2, -0.15) is 0 Å². The van der Waals surface area contributed by atoms with Crippen molar-refractivity contribution in [1.82, 2.24) is 10.2 Å². The molecule has 0 aromatic rings. The molecule has 1 fully saturated rings. The van der Waals surface area contributed by atoms with Crippen molar-refractivity contribution < 1.29 is 9.59 Å². The Bertz CT molecular complexity index is 241. The van der Waals surface area contributed by atoms with Gasteiger partial charge in [-0.15, -0.1) is 0 Å². The lowest BCUT2D eigenvalue weighted by atomic mass is 10.0. The molecule has 2 amide bonds. The molecule has 15 heavy (non-hydrogen) atoms. The number of carbonyl (C=O) groups excluding carboxylic acids is 2. The fourth-order valence-corrected chi connectivity index (χ4v) is 2.00. The SMILES string of the molecule is CCNC(=O)C1CCCCN1C(=O)CC. The summed E-state index contributed by atoms with van der Waals surface area (Å²) in [5.41, 5.74) is 0. The van der Waals surface area contributed by atoms with Crippen LogP contribution >= 0.6 is 0 Å². The number of nitrogens with zero attached hydrogens (tertiary/aromatic N) is 1. The fourth-order valence-electron chi connectivity index (χ4n) is 2.00. The summed E-state index contributed by atoms with van der Waals surface area (Å²) in [5.74, 6) is 0.0879. The predicted molar refractivity (Wildman–Crippen MR) is 58.3 cm³/mol. The van der Waals surface area contributed by atoms with Crippen LogP contribution in [0.4, 0.5) is 0 Å². The van der Waals surface area contributed by atoms with E-state index < -0.39 is 0 Å². The summed E-state index contributed by atoms with van der Waals surface area (Å²) in [6.07, 6.45) is 3.34. The number of carbonyl (C=O) groups is 2. The lowest BCUT2D eigenvalue weighted by molar-refractivity contribution is -0.142. The molecule has 1 unspecified atom stereocenters. The van der Waals surface area contributed by atoms with Crippen LogP contribution in [0.3, 0.4) is 0 Å². The molecule has 0 radical (unpaired) electrons. The molecule has 4 heteroatoms. The van der Waals surface area contributed by atoms with Gasteiger partial charge < -0.3 is 10.2 Å². The summed E-state index contributed by atoms with van der Waals surface area (Å²) in [6.45, 7) is 5.09. The number of hydrogen-bond acceptors (Lipinski definition) is 2. The molecule has 0 aromatic heterocycles. The molecule has 1 N–H and O–H groups in total. The van der Waals surface area contributed by atoms with Crippen LogP contribution in [0.15, 0.2) is 0 Å². The Labute approximate surface area is 91.0 Å². The van der Waals surface area contributed by atoms with E-state index >= 15 is 0 Å². The number of likely N-dealkylation sites (tertiary alicyclic amines) is 1. The molecule has 1 heterocycles. The number of piperidine rings is 1. The third-order valence-corrected chi connectivity index (χ3v) is 2.78. The maximum atomic E-state index is 11.7. The van der Waals surface area contributed by atoms with Gasteiger partial charge in [0.1, 0.15) is 6.04 Å². The highest BCUT2D eigenvalue weighted by molar-refractivity contribution is 5.87. The van der Waals surface area contributed by atoms with E-state index in [1.54, 1.807) is 4.90 Å². The quantitative estimate of drug-likeness (QED) is 0.756. The molecular formula is C11H20N2O2. The highest BCUT2D eigenvalue weighted by atomic mass is 16.2. The van der Waals surface area contributed by atoms with Gasteiger partial charge in [0.2, 0.25) is 11.8 Å². The second kappa shape index (κ2) is 5.73. The number of nitrogens with one attached hydrogen (secondary N) is 1. The van der Waals surface area contributed by atoms with Crippen molar-refractivity contribution in [1.29, 1.82) is 0 Å². The average Bonchev–Trinajstić information content (AvgIpc) is 2.28. The third-order valence-electron chi connectivity index (χ3n) is 2.78. The van der Waals surface area contributed by atoms with Gasteiger partial charge in [0.15, 0.2) is 0 Å². The van der Waals surface area contributed by atoms with Gasteiger partial charge in [0.05, 0.1) is 0 Å². The molecule has 0 saturated carbocycles. The lowest BCUT2D eigenvalue weighted by Crippen LogP contribution is -2.51. The van der Waals surface area contributed by atoms with Gasteiger partial charge in [-0.3, -0.25) is 9.59 Å². The summed E-state index contributed by atoms with van der Waals surface area (Å²) in [4.78, 5) is 25.1. The first kappa shape index (κ1) is 12.0. The van der Waals surface area contributed by atoms with Crippen molar-refractivity contribution in [2.75, 3.05) is 13.1 Å². The molecule has 86 valence electrons. The van der Waals surface area contributed by atoms with Crippen LogP contribution in [-0.2, 0) is 9.59 Å². The monoisotopic (exact) mass is 212 g/mol. The van der Waals surface area contributed by atoms with Crippen LogP contribution in [0.1, 0.15) is 39.5 Å².